The molecular formula is C14H12F2N2O4S. The van der Waals surface area contributed by atoms with Crippen LogP contribution in [0.15, 0.2) is 41.3 Å². The fraction of sp³-hybridized carbons (Fsp3) is 0.143. The highest BCUT2D eigenvalue weighted by Crippen LogP contribution is 2.19. The molecule has 122 valence electrons. The lowest BCUT2D eigenvalue weighted by molar-refractivity contribution is -0.139. The van der Waals surface area contributed by atoms with Crippen molar-refractivity contribution in [3.05, 3.63) is 53.7 Å². The summed E-state index contributed by atoms with van der Waals surface area (Å²) in [5, 5.41) is 0. The van der Waals surface area contributed by atoms with Crippen molar-refractivity contribution in [3.63, 3.8) is 0 Å². The van der Waals surface area contributed by atoms with Crippen LogP contribution in [0, 0.1) is 11.6 Å². The first-order valence-electron chi connectivity index (χ1n) is 6.32. The molecule has 0 aliphatic carbocycles. The minimum Gasteiger partial charge on any atom is -0.469 e. The lowest BCUT2D eigenvalue weighted by atomic mass is 10.3. The van der Waals surface area contributed by atoms with E-state index in [9.17, 15) is 22.0 Å². The van der Waals surface area contributed by atoms with E-state index in [0.29, 0.717) is 12.1 Å². The quantitative estimate of drug-likeness (QED) is 0.839. The van der Waals surface area contributed by atoms with E-state index in [1.54, 1.807) is 0 Å². The Morgan fingerprint density at radius 3 is 2.70 bits per heavy atom. The van der Waals surface area contributed by atoms with Gasteiger partial charge in [-0.1, -0.05) is 6.07 Å². The van der Waals surface area contributed by atoms with Gasteiger partial charge >= 0.3 is 5.97 Å². The number of nitrogens with zero attached hydrogens (tertiary/aromatic N) is 1. The first-order chi connectivity index (χ1) is 10.8. The lowest BCUT2D eigenvalue weighted by Crippen LogP contribution is -2.16. The Labute approximate surface area is 131 Å². The summed E-state index contributed by atoms with van der Waals surface area (Å²) in [5.41, 5.74) is 0.261. The number of rotatable bonds is 5. The van der Waals surface area contributed by atoms with Gasteiger partial charge < -0.3 is 4.74 Å². The van der Waals surface area contributed by atoms with E-state index in [-0.39, 0.29) is 17.9 Å². The highest BCUT2D eigenvalue weighted by molar-refractivity contribution is 7.92. The Morgan fingerprint density at radius 1 is 1.26 bits per heavy atom. The van der Waals surface area contributed by atoms with Crippen LogP contribution in [0.3, 0.4) is 0 Å². The van der Waals surface area contributed by atoms with Gasteiger partial charge in [-0.25, -0.2) is 22.2 Å². The van der Waals surface area contributed by atoms with Crippen LogP contribution < -0.4 is 4.72 Å². The van der Waals surface area contributed by atoms with E-state index >= 15 is 0 Å². The number of halogens is 2. The summed E-state index contributed by atoms with van der Waals surface area (Å²) in [7, 11) is -3.15. The van der Waals surface area contributed by atoms with Crippen LogP contribution >= 0.6 is 0 Å². The van der Waals surface area contributed by atoms with Crippen molar-refractivity contribution in [3.8, 4) is 0 Å². The van der Waals surface area contributed by atoms with Gasteiger partial charge in [-0.2, -0.15) is 0 Å². The molecule has 2 aromatic rings. The van der Waals surface area contributed by atoms with Gasteiger partial charge in [0.05, 0.1) is 19.2 Å². The molecule has 0 saturated heterocycles. The second-order valence-corrected chi connectivity index (χ2v) is 6.10. The smallest absolute Gasteiger partial charge is 0.311 e. The van der Waals surface area contributed by atoms with Gasteiger partial charge in [-0.15, -0.1) is 0 Å². The summed E-state index contributed by atoms with van der Waals surface area (Å²) >= 11 is 0. The Bertz CT molecular complexity index is 840. The highest BCUT2D eigenvalue weighted by atomic mass is 32.2. The summed E-state index contributed by atoms with van der Waals surface area (Å²) in [5.74, 6) is -2.66. The number of carbonyl (C=O) groups is 1. The predicted molar refractivity (Wildman–Crippen MR) is 77.1 cm³/mol. The molecule has 1 N–H and O–H groups in total. The number of aromatic nitrogens is 1. The van der Waals surface area contributed by atoms with Gasteiger partial charge in [0.25, 0.3) is 10.0 Å². The average Bonchev–Trinajstić information content (AvgIpc) is 2.49. The Hall–Kier alpha value is -2.55. The van der Waals surface area contributed by atoms with E-state index in [4.69, 9.17) is 0 Å². The van der Waals surface area contributed by atoms with E-state index in [0.717, 1.165) is 6.07 Å². The monoisotopic (exact) mass is 342 g/mol. The SMILES string of the molecule is COC(=O)Cc1cccc(NS(=O)(=O)c2cc(F)ccc2F)n1. The summed E-state index contributed by atoms with van der Waals surface area (Å²) in [6.07, 6.45) is -0.152. The van der Waals surface area contributed by atoms with Gasteiger partial charge in [0.15, 0.2) is 0 Å². The maximum atomic E-state index is 13.6. The van der Waals surface area contributed by atoms with Gasteiger partial charge in [0.2, 0.25) is 0 Å². The molecule has 0 atom stereocenters. The zero-order chi connectivity index (χ0) is 17.0. The molecule has 0 saturated carbocycles. The van der Waals surface area contributed by atoms with E-state index < -0.39 is 32.5 Å². The number of esters is 1. The number of anilines is 1. The standard InChI is InChI=1S/C14H12F2N2O4S/c1-22-14(19)8-10-3-2-4-13(17-10)18-23(20,21)12-7-9(15)5-6-11(12)16/h2-7H,8H2,1H3,(H,17,18). The number of carbonyl (C=O) groups excluding carboxylic acids is 1. The number of methoxy groups -OCH3 is 1. The summed E-state index contributed by atoms with van der Waals surface area (Å²) in [6.45, 7) is 0. The fourth-order valence-corrected chi connectivity index (χ4v) is 2.82. The van der Waals surface area contributed by atoms with Gasteiger partial charge in [-0.05, 0) is 30.3 Å². The van der Waals surface area contributed by atoms with Crippen molar-refractivity contribution in [2.45, 2.75) is 11.3 Å². The average molecular weight is 342 g/mol. The third kappa shape index (κ3) is 4.22. The second-order valence-electron chi connectivity index (χ2n) is 4.45. The number of ether oxygens (including phenoxy) is 1. The minimum absolute atomic E-state index is 0.130. The normalized spacial score (nSPS) is 11.1. The summed E-state index contributed by atoms with van der Waals surface area (Å²) in [4.78, 5) is 14.3. The molecule has 1 heterocycles. The maximum Gasteiger partial charge on any atom is 0.311 e. The largest absolute Gasteiger partial charge is 0.469 e. The van der Waals surface area contributed by atoms with Crippen molar-refractivity contribution in [1.29, 1.82) is 0 Å². The molecule has 1 aromatic carbocycles. The van der Waals surface area contributed by atoms with Crippen LogP contribution in [-0.4, -0.2) is 26.5 Å². The van der Waals surface area contributed by atoms with E-state index in [1.807, 2.05) is 4.72 Å². The van der Waals surface area contributed by atoms with E-state index in [1.165, 1.54) is 25.3 Å². The molecule has 1 aromatic heterocycles. The lowest BCUT2D eigenvalue weighted by Gasteiger charge is -2.09. The number of benzene rings is 1. The van der Waals surface area contributed by atoms with Crippen molar-refractivity contribution >= 4 is 21.8 Å². The zero-order valence-corrected chi connectivity index (χ0v) is 12.7. The fourth-order valence-electron chi connectivity index (χ4n) is 1.73. The number of hydrogen-bond donors (Lipinski definition) is 1. The van der Waals surface area contributed by atoms with Crippen LogP contribution in [0.4, 0.5) is 14.6 Å². The van der Waals surface area contributed by atoms with Gasteiger partial charge in [0.1, 0.15) is 22.3 Å². The van der Waals surface area contributed by atoms with Crippen molar-refractivity contribution in [2.75, 3.05) is 11.8 Å². The molecule has 0 amide bonds. The Kier molecular flexibility index (Phi) is 4.89. The molecule has 0 radical (unpaired) electrons. The molecular weight excluding hydrogens is 330 g/mol. The first kappa shape index (κ1) is 16.8. The number of sulfonamides is 1. The van der Waals surface area contributed by atoms with E-state index in [2.05, 4.69) is 9.72 Å². The van der Waals surface area contributed by atoms with Crippen molar-refractivity contribution in [1.82, 2.24) is 4.98 Å². The van der Waals surface area contributed by atoms with Crippen molar-refractivity contribution in [2.24, 2.45) is 0 Å². The molecule has 23 heavy (non-hydrogen) atoms. The van der Waals surface area contributed by atoms with Crippen molar-refractivity contribution < 1.29 is 26.7 Å². The number of nitrogens with one attached hydrogen (secondary N) is 1. The molecule has 0 unspecified atom stereocenters. The molecule has 0 aliphatic heterocycles. The molecule has 9 heteroatoms. The van der Waals surface area contributed by atoms with Gasteiger partial charge in [0, 0.05) is 0 Å². The Morgan fingerprint density at radius 2 is 2.00 bits per heavy atom. The molecule has 2 rings (SSSR count). The summed E-state index contributed by atoms with van der Waals surface area (Å²) in [6, 6.07) is 6.36. The highest BCUT2D eigenvalue weighted by Gasteiger charge is 2.20. The summed E-state index contributed by atoms with van der Waals surface area (Å²) < 4.78 is 57.5. The molecule has 0 fully saturated rings. The maximum absolute atomic E-state index is 13.6. The minimum atomic E-state index is -4.36. The molecule has 0 aliphatic rings. The molecule has 0 bridgehead atoms. The van der Waals surface area contributed by atoms with Crippen LogP contribution in [0.5, 0.6) is 0 Å². The topological polar surface area (TPSA) is 85.4 Å². The number of hydrogen-bond acceptors (Lipinski definition) is 5. The Balaban J connectivity index is 2.29. The predicted octanol–water partition coefficient (Wildman–Crippen LogP) is 1.88. The first-order valence-corrected chi connectivity index (χ1v) is 7.81. The van der Waals surface area contributed by atoms with Crippen LogP contribution in [-0.2, 0) is 26.0 Å². The second kappa shape index (κ2) is 6.69. The van der Waals surface area contributed by atoms with Crippen LogP contribution in [0.2, 0.25) is 0 Å². The van der Waals surface area contributed by atoms with Gasteiger partial charge in [-0.3, -0.25) is 9.52 Å². The molecule has 0 spiro atoms. The third-order valence-corrected chi connectivity index (χ3v) is 4.15. The third-order valence-electron chi connectivity index (χ3n) is 2.78. The zero-order valence-electron chi connectivity index (χ0n) is 11.9. The number of pyridine rings is 1. The van der Waals surface area contributed by atoms with Crippen LogP contribution in [0.1, 0.15) is 5.69 Å². The molecule has 6 nitrogen and oxygen atoms in total. The van der Waals surface area contributed by atoms with Crippen LogP contribution in [0.25, 0.3) is 0 Å².